The molecule has 1 aromatic carbocycles. The molecule has 10 heteroatoms. The number of hydrogen-bond donors (Lipinski definition) is 1. The maximum atomic E-state index is 12.3. The highest BCUT2D eigenvalue weighted by Crippen LogP contribution is 2.23. The lowest BCUT2D eigenvalue weighted by Gasteiger charge is -2.33. The zero-order chi connectivity index (χ0) is 20.1. The maximum Gasteiger partial charge on any atom is 0.266 e. The van der Waals surface area contributed by atoms with Gasteiger partial charge in [-0.15, -0.1) is 5.10 Å². The van der Waals surface area contributed by atoms with Gasteiger partial charge in [0.15, 0.2) is 0 Å². The van der Waals surface area contributed by atoms with E-state index < -0.39 is 0 Å². The van der Waals surface area contributed by atoms with Crippen molar-refractivity contribution in [1.29, 1.82) is 0 Å². The highest BCUT2D eigenvalue weighted by atomic mass is 16.5. The van der Waals surface area contributed by atoms with Crippen LogP contribution in [0.4, 0.5) is 17.3 Å². The highest BCUT2D eigenvalue weighted by molar-refractivity contribution is 5.90. The van der Waals surface area contributed by atoms with Crippen molar-refractivity contribution in [2.45, 2.75) is 25.5 Å². The van der Waals surface area contributed by atoms with Gasteiger partial charge in [-0.3, -0.25) is 4.79 Å². The van der Waals surface area contributed by atoms with Crippen LogP contribution in [0.3, 0.4) is 0 Å². The number of methoxy groups -OCH3 is 1. The number of amides is 1. The summed E-state index contributed by atoms with van der Waals surface area (Å²) in [5.41, 5.74) is 1.91. The third-order valence-corrected chi connectivity index (χ3v) is 5.31. The van der Waals surface area contributed by atoms with Crippen molar-refractivity contribution in [2.24, 2.45) is 0 Å². The molecule has 1 N–H and O–H groups in total. The molecule has 3 heterocycles. The number of hydrogen-bond acceptors (Lipinski definition) is 8. The van der Waals surface area contributed by atoms with Crippen molar-refractivity contribution in [3.63, 3.8) is 0 Å². The van der Waals surface area contributed by atoms with Crippen LogP contribution in [-0.2, 0) is 20.8 Å². The number of benzene rings is 1. The molecule has 0 bridgehead atoms. The van der Waals surface area contributed by atoms with Crippen LogP contribution in [-0.4, -0.2) is 78.7 Å². The SMILES string of the molecule is COC1CCN(c2ccc(NC(=O)Cn3nnc(N4CCOCC4)n3)cc2)CC1. The Balaban J connectivity index is 1.28. The van der Waals surface area contributed by atoms with Crippen LogP contribution >= 0.6 is 0 Å². The topological polar surface area (TPSA) is 97.6 Å². The van der Waals surface area contributed by atoms with Crippen molar-refractivity contribution in [1.82, 2.24) is 20.2 Å². The first-order chi connectivity index (χ1) is 14.2. The fraction of sp³-hybridized carbons (Fsp3) is 0.579. The molecule has 0 aliphatic carbocycles. The number of nitrogens with one attached hydrogen (secondary N) is 1. The number of carbonyl (C=O) groups is 1. The van der Waals surface area contributed by atoms with Crippen molar-refractivity contribution < 1.29 is 14.3 Å². The average Bonchev–Trinajstić information content (AvgIpc) is 3.23. The summed E-state index contributed by atoms with van der Waals surface area (Å²) < 4.78 is 10.7. The molecular formula is C19H27N7O3. The molecule has 2 fully saturated rings. The predicted molar refractivity (Wildman–Crippen MR) is 108 cm³/mol. The molecule has 0 unspecified atom stereocenters. The van der Waals surface area contributed by atoms with Crippen LogP contribution in [0, 0.1) is 0 Å². The second kappa shape index (κ2) is 9.19. The zero-order valence-corrected chi connectivity index (χ0v) is 16.7. The third-order valence-electron chi connectivity index (χ3n) is 5.31. The van der Waals surface area contributed by atoms with Crippen LogP contribution in [0.5, 0.6) is 0 Å². The molecule has 1 amide bonds. The van der Waals surface area contributed by atoms with E-state index in [0.717, 1.165) is 50.4 Å². The fourth-order valence-corrected chi connectivity index (χ4v) is 3.63. The van der Waals surface area contributed by atoms with E-state index in [0.29, 0.717) is 25.3 Å². The largest absolute Gasteiger partial charge is 0.381 e. The number of tetrazole rings is 1. The minimum atomic E-state index is -0.190. The van der Waals surface area contributed by atoms with Gasteiger partial charge in [-0.25, -0.2) is 0 Å². The molecule has 10 nitrogen and oxygen atoms in total. The van der Waals surface area contributed by atoms with Crippen molar-refractivity contribution >= 4 is 23.2 Å². The molecule has 2 saturated heterocycles. The summed E-state index contributed by atoms with van der Waals surface area (Å²) in [6, 6.07) is 7.91. The van der Waals surface area contributed by atoms with Gasteiger partial charge in [0, 0.05) is 44.7 Å². The molecule has 29 heavy (non-hydrogen) atoms. The number of rotatable bonds is 6. The van der Waals surface area contributed by atoms with Gasteiger partial charge < -0.3 is 24.6 Å². The maximum absolute atomic E-state index is 12.3. The number of piperidine rings is 1. The van der Waals surface area contributed by atoms with Gasteiger partial charge in [-0.05, 0) is 42.3 Å². The monoisotopic (exact) mass is 401 g/mol. The molecule has 156 valence electrons. The fourth-order valence-electron chi connectivity index (χ4n) is 3.63. The molecule has 2 aliphatic heterocycles. The Hall–Kier alpha value is -2.72. The zero-order valence-electron chi connectivity index (χ0n) is 16.7. The first kappa shape index (κ1) is 19.6. The number of nitrogens with zero attached hydrogens (tertiary/aromatic N) is 6. The summed E-state index contributed by atoms with van der Waals surface area (Å²) in [6.07, 6.45) is 2.43. The molecule has 1 aromatic heterocycles. The molecule has 2 aromatic rings. The lowest BCUT2D eigenvalue weighted by atomic mass is 10.1. The Kier molecular flexibility index (Phi) is 6.20. The van der Waals surface area contributed by atoms with Crippen LogP contribution < -0.4 is 15.1 Å². The quantitative estimate of drug-likeness (QED) is 0.758. The van der Waals surface area contributed by atoms with Gasteiger partial charge in [0.2, 0.25) is 5.91 Å². The number of aromatic nitrogens is 4. The van der Waals surface area contributed by atoms with Crippen LogP contribution in [0.15, 0.2) is 24.3 Å². The molecular weight excluding hydrogens is 374 g/mol. The van der Waals surface area contributed by atoms with E-state index in [1.807, 2.05) is 29.2 Å². The number of morpholine rings is 1. The van der Waals surface area contributed by atoms with E-state index >= 15 is 0 Å². The second-order valence-electron chi connectivity index (χ2n) is 7.24. The smallest absolute Gasteiger partial charge is 0.266 e. The Morgan fingerprint density at radius 3 is 2.55 bits per heavy atom. The van der Waals surface area contributed by atoms with Crippen LogP contribution in [0.2, 0.25) is 0 Å². The summed E-state index contributed by atoms with van der Waals surface area (Å²) >= 11 is 0. The average molecular weight is 401 g/mol. The first-order valence-electron chi connectivity index (χ1n) is 9.99. The first-order valence-corrected chi connectivity index (χ1v) is 9.99. The minimum absolute atomic E-state index is 0.0175. The Morgan fingerprint density at radius 2 is 1.86 bits per heavy atom. The van der Waals surface area contributed by atoms with Crippen LogP contribution in [0.1, 0.15) is 12.8 Å². The predicted octanol–water partition coefficient (Wildman–Crippen LogP) is 0.764. The Labute approximate surface area is 169 Å². The lowest BCUT2D eigenvalue weighted by Crippen LogP contribution is -2.37. The summed E-state index contributed by atoms with van der Waals surface area (Å²) in [5, 5.41) is 15.2. The van der Waals surface area contributed by atoms with E-state index in [-0.39, 0.29) is 12.5 Å². The van der Waals surface area contributed by atoms with Gasteiger partial charge in [0.1, 0.15) is 6.54 Å². The lowest BCUT2D eigenvalue weighted by molar-refractivity contribution is -0.117. The van der Waals surface area contributed by atoms with Crippen molar-refractivity contribution in [2.75, 3.05) is 61.6 Å². The van der Waals surface area contributed by atoms with Crippen LogP contribution in [0.25, 0.3) is 0 Å². The minimum Gasteiger partial charge on any atom is -0.381 e. The summed E-state index contributed by atoms with van der Waals surface area (Å²) in [6.45, 7) is 4.73. The molecule has 0 radical (unpaired) electrons. The number of anilines is 3. The van der Waals surface area contributed by atoms with E-state index in [1.54, 1.807) is 7.11 Å². The third kappa shape index (κ3) is 5.01. The summed E-state index contributed by atoms with van der Waals surface area (Å²) in [5.74, 6) is 0.340. The normalized spacial score (nSPS) is 18.1. The van der Waals surface area contributed by atoms with Gasteiger partial charge in [0.05, 0.1) is 19.3 Å². The Bertz CT molecular complexity index is 796. The van der Waals surface area contributed by atoms with Gasteiger partial charge in [-0.1, -0.05) is 5.10 Å². The summed E-state index contributed by atoms with van der Waals surface area (Å²) in [4.78, 5) is 18.0. The van der Waals surface area contributed by atoms with Crippen molar-refractivity contribution in [3.05, 3.63) is 24.3 Å². The molecule has 0 saturated carbocycles. The highest BCUT2D eigenvalue weighted by Gasteiger charge is 2.19. The van der Waals surface area contributed by atoms with E-state index in [4.69, 9.17) is 9.47 Å². The van der Waals surface area contributed by atoms with Crippen molar-refractivity contribution in [3.8, 4) is 0 Å². The molecule has 0 atom stereocenters. The van der Waals surface area contributed by atoms with E-state index in [2.05, 4.69) is 25.6 Å². The number of ether oxygens (including phenoxy) is 2. The second-order valence-corrected chi connectivity index (χ2v) is 7.24. The Morgan fingerprint density at radius 1 is 1.14 bits per heavy atom. The number of carbonyl (C=O) groups excluding carboxylic acids is 1. The van der Waals surface area contributed by atoms with Gasteiger partial charge in [-0.2, -0.15) is 4.80 Å². The standard InChI is InChI=1S/C19H27N7O3/c1-28-17-6-8-24(9-7-17)16-4-2-15(3-5-16)20-18(27)14-26-22-19(21-23-26)25-10-12-29-13-11-25/h2-5,17H,6-14H2,1H3,(H,20,27). The van der Waals surface area contributed by atoms with Gasteiger partial charge >= 0.3 is 0 Å². The van der Waals surface area contributed by atoms with E-state index in [1.165, 1.54) is 4.80 Å². The van der Waals surface area contributed by atoms with Gasteiger partial charge in [0.25, 0.3) is 5.95 Å². The molecule has 2 aliphatic rings. The molecule has 0 spiro atoms. The summed E-state index contributed by atoms with van der Waals surface area (Å²) in [7, 11) is 1.77. The van der Waals surface area contributed by atoms with E-state index in [9.17, 15) is 4.79 Å². The molecule has 4 rings (SSSR count).